The minimum atomic E-state index is 0.0509. The van der Waals surface area contributed by atoms with Crippen LogP contribution in [-0.4, -0.2) is 59.6 Å². The Morgan fingerprint density at radius 1 is 1.44 bits per heavy atom. The third-order valence-electron chi connectivity index (χ3n) is 2.45. The van der Waals surface area contributed by atoms with Crippen molar-refractivity contribution in [3.05, 3.63) is 18.0 Å². The van der Waals surface area contributed by atoms with Gasteiger partial charge in [0.15, 0.2) is 0 Å². The molecule has 0 aliphatic rings. The quantitative estimate of drug-likeness (QED) is 0.778. The van der Waals surface area contributed by atoms with Gasteiger partial charge in [-0.05, 0) is 34.0 Å². The minimum Gasteiger partial charge on any atom is -0.339 e. The van der Waals surface area contributed by atoms with Gasteiger partial charge in [0.2, 0.25) is 0 Å². The van der Waals surface area contributed by atoms with Gasteiger partial charge < -0.3 is 9.80 Å². The molecule has 0 radical (unpaired) electrons. The van der Waals surface area contributed by atoms with Crippen LogP contribution in [0.1, 0.15) is 23.7 Å². The Bertz CT molecular complexity index is 308. The van der Waals surface area contributed by atoms with Gasteiger partial charge in [-0.25, -0.2) is 0 Å². The van der Waals surface area contributed by atoms with Crippen LogP contribution >= 0.6 is 0 Å². The van der Waals surface area contributed by atoms with E-state index in [9.17, 15) is 4.79 Å². The number of H-pyrrole nitrogens is 1. The Morgan fingerprint density at radius 2 is 2.19 bits per heavy atom. The van der Waals surface area contributed by atoms with Gasteiger partial charge >= 0.3 is 0 Å². The average Bonchev–Trinajstić information content (AvgIpc) is 2.76. The van der Waals surface area contributed by atoms with Crippen LogP contribution in [0.25, 0.3) is 0 Å². The van der Waals surface area contributed by atoms with Gasteiger partial charge in [0.05, 0.1) is 11.8 Å². The van der Waals surface area contributed by atoms with Crippen LogP contribution < -0.4 is 0 Å². The minimum absolute atomic E-state index is 0.0509. The molecule has 0 saturated heterocycles. The van der Waals surface area contributed by atoms with Crippen molar-refractivity contribution >= 4 is 5.91 Å². The lowest BCUT2D eigenvalue weighted by Gasteiger charge is -2.21. The number of nitrogens with one attached hydrogen (secondary N) is 1. The lowest BCUT2D eigenvalue weighted by molar-refractivity contribution is 0.0759. The Balaban J connectivity index is 2.45. The monoisotopic (exact) mass is 224 g/mol. The molecule has 1 aromatic heterocycles. The number of carbonyl (C=O) groups is 1. The van der Waals surface area contributed by atoms with Crippen molar-refractivity contribution in [2.24, 2.45) is 0 Å². The summed E-state index contributed by atoms with van der Waals surface area (Å²) >= 11 is 0. The highest BCUT2D eigenvalue weighted by Crippen LogP contribution is 2.03. The normalized spacial score (nSPS) is 10.8. The molecule has 1 amide bonds. The highest BCUT2D eigenvalue weighted by atomic mass is 16.2. The molecule has 16 heavy (non-hydrogen) atoms. The van der Waals surface area contributed by atoms with Crippen molar-refractivity contribution < 1.29 is 4.79 Å². The van der Waals surface area contributed by atoms with Crippen molar-refractivity contribution in [3.8, 4) is 0 Å². The SMILES string of the molecule is CCN(CCCN(C)C)C(=O)c1cn[nH]c1. The van der Waals surface area contributed by atoms with E-state index in [0.717, 1.165) is 26.1 Å². The Morgan fingerprint density at radius 3 is 2.69 bits per heavy atom. The van der Waals surface area contributed by atoms with Crippen LogP contribution in [0.2, 0.25) is 0 Å². The summed E-state index contributed by atoms with van der Waals surface area (Å²) < 4.78 is 0. The largest absolute Gasteiger partial charge is 0.339 e. The third kappa shape index (κ3) is 3.66. The van der Waals surface area contributed by atoms with Crippen LogP contribution in [-0.2, 0) is 0 Å². The molecule has 1 heterocycles. The lowest BCUT2D eigenvalue weighted by Crippen LogP contribution is -2.33. The van der Waals surface area contributed by atoms with Crippen molar-refractivity contribution in [3.63, 3.8) is 0 Å². The van der Waals surface area contributed by atoms with Crippen LogP contribution in [0.3, 0.4) is 0 Å². The van der Waals surface area contributed by atoms with Gasteiger partial charge in [-0.1, -0.05) is 0 Å². The molecule has 90 valence electrons. The average molecular weight is 224 g/mol. The van der Waals surface area contributed by atoms with Gasteiger partial charge in [-0.15, -0.1) is 0 Å². The first-order valence-electron chi connectivity index (χ1n) is 5.58. The first-order chi connectivity index (χ1) is 7.65. The van der Waals surface area contributed by atoms with Gasteiger partial charge in [-0.3, -0.25) is 9.89 Å². The van der Waals surface area contributed by atoms with E-state index < -0.39 is 0 Å². The van der Waals surface area contributed by atoms with Crippen LogP contribution in [0.15, 0.2) is 12.4 Å². The summed E-state index contributed by atoms with van der Waals surface area (Å²) in [7, 11) is 4.07. The van der Waals surface area contributed by atoms with E-state index in [4.69, 9.17) is 0 Å². The Hall–Kier alpha value is -1.36. The fourth-order valence-corrected chi connectivity index (χ4v) is 1.53. The van der Waals surface area contributed by atoms with E-state index in [0.29, 0.717) is 5.56 Å². The molecule has 0 saturated carbocycles. The second-order valence-corrected chi connectivity index (χ2v) is 4.03. The summed E-state index contributed by atoms with van der Waals surface area (Å²) in [4.78, 5) is 15.9. The summed E-state index contributed by atoms with van der Waals surface area (Å²) in [5, 5.41) is 6.45. The van der Waals surface area contributed by atoms with Gasteiger partial charge in [0.1, 0.15) is 0 Å². The van der Waals surface area contributed by atoms with E-state index in [1.807, 2.05) is 25.9 Å². The van der Waals surface area contributed by atoms with Crippen molar-refractivity contribution in [2.75, 3.05) is 33.7 Å². The van der Waals surface area contributed by atoms with E-state index in [1.54, 1.807) is 12.4 Å². The summed E-state index contributed by atoms with van der Waals surface area (Å²) in [5.41, 5.74) is 0.631. The smallest absolute Gasteiger partial charge is 0.257 e. The number of amides is 1. The van der Waals surface area contributed by atoms with E-state index in [-0.39, 0.29) is 5.91 Å². The molecule has 0 fully saturated rings. The maximum Gasteiger partial charge on any atom is 0.257 e. The van der Waals surface area contributed by atoms with Crippen LogP contribution in [0, 0.1) is 0 Å². The molecule has 0 atom stereocenters. The topological polar surface area (TPSA) is 52.2 Å². The number of nitrogens with zero attached hydrogens (tertiary/aromatic N) is 3. The Labute approximate surface area is 96.4 Å². The number of hydrogen-bond acceptors (Lipinski definition) is 3. The molecule has 0 spiro atoms. The molecule has 0 aliphatic carbocycles. The fraction of sp³-hybridized carbons (Fsp3) is 0.636. The highest BCUT2D eigenvalue weighted by Gasteiger charge is 2.14. The number of carbonyl (C=O) groups excluding carboxylic acids is 1. The van der Waals surface area contributed by atoms with E-state index >= 15 is 0 Å². The number of aromatic nitrogens is 2. The molecule has 0 aromatic carbocycles. The maximum atomic E-state index is 12.0. The van der Waals surface area contributed by atoms with Gasteiger partial charge in [0, 0.05) is 19.3 Å². The lowest BCUT2D eigenvalue weighted by atomic mass is 10.3. The van der Waals surface area contributed by atoms with Gasteiger partial charge in [-0.2, -0.15) is 5.10 Å². The molecule has 0 bridgehead atoms. The predicted octanol–water partition coefficient (Wildman–Crippen LogP) is 0.823. The van der Waals surface area contributed by atoms with Crippen molar-refractivity contribution in [1.82, 2.24) is 20.0 Å². The highest BCUT2D eigenvalue weighted by molar-refractivity contribution is 5.93. The summed E-state index contributed by atoms with van der Waals surface area (Å²) in [6.07, 6.45) is 4.19. The van der Waals surface area contributed by atoms with Crippen molar-refractivity contribution in [2.45, 2.75) is 13.3 Å². The molecule has 1 N–H and O–H groups in total. The van der Waals surface area contributed by atoms with Crippen LogP contribution in [0.4, 0.5) is 0 Å². The molecular weight excluding hydrogens is 204 g/mol. The molecule has 0 unspecified atom stereocenters. The summed E-state index contributed by atoms with van der Waals surface area (Å²) in [6.45, 7) is 4.51. The summed E-state index contributed by atoms with van der Waals surface area (Å²) in [5.74, 6) is 0.0509. The predicted molar refractivity (Wildman–Crippen MR) is 63.3 cm³/mol. The first-order valence-corrected chi connectivity index (χ1v) is 5.58. The van der Waals surface area contributed by atoms with E-state index in [1.165, 1.54) is 0 Å². The second kappa shape index (κ2) is 6.27. The second-order valence-electron chi connectivity index (χ2n) is 4.03. The molecule has 5 nitrogen and oxygen atoms in total. The van der Waals surface area contributed by atoms with Gasteiger partial charge in [0.25, 0.3) is 5.91 Å². The molecule has 1 aromatic rings. The van der Waals surface area contributed by atoms with Crippen LogP contribution in [0.5, 0.6) is 0 Å². The zero-order valence-corrected chi connectivity index (χ0v) is 10.2. The van der Waals surface area contributed by atoms with E-state index in [2.05, 4.69) is 15.1 Å². The standard InChI is InChI=1S/C11H20N4O/c1-4-15(7-5-6-14(2)3)11(16)10-8-12-13-9-10/h8-9H,4-7H2,1-3H3,(H,12,13). The zero-order chi connectivity index (χ0) is 12.0. The first kappa shape index (κ1) is 12.7. The third-order valence-corrected chi connectivity index (χ3v) is 2.45. The molecule has 0 aliphatic heterocycles. The zero-order valence-electron chi connectivity index (χ0n) is 10.2. The molecule has 5 heteroatoms. The molecular formula is C11H20N4O. The number of rotatable bonds is 6. The summed E-state index contributed by atoms with van der Waals surface area (Å²) in [6, 6.07) is 0. The van der Waals surface area contributed by atoms with Crippen molar-refractivity contribution in [1.29, 1.82) is 0 Å². The number of hydrogen-bond donors (Lipinski definition) is 1. The molecule has 1 rings (SSSR count). The maximum absolute atomic E-state index is 12.0. The fourth-order valence-electron chi connectivity index (χ4n) is 1.53. The Kier molecular flexibility index (Phi) is 4.98. The number of aromatic amines is 1.